The normalized spacial score (nSPS) is 21.5. The van der Waals surface area contributed by atoms with Crippen LogP contribution in [0.1, 0.15) is 162 Å². The molecule has 0 amide bonds. The fourth-order valence-corrected chi connectivity index (χ4v) is 6.69. The molecule has 1 heterocycles. The molecule has 1 rings (SSSR count). The molecule has 0 radical (unpaired) electrons. The van der Waals surface area contributed by atoms with E-state index in [9.17, 15) is 28.5 Å². The van der Waals surface area contributed by atoms with Gasteiger partial charge in [-0.1, -0.05) is 141 Å². The summed E-state index contributed by atoms with van der Waals surface area (Å²) in [6.45, 7) is 3.89. The van der Waals surface area contributed by atoms with Crippen LogP contribution in [0.2, 0.25) is 0 Å². The second-order valence-electron chi connectivity index (χ2n) is 14.2. The highest BCUT2D eigenvalue weighted by Crippen LogP contribution is 2.26. The molecular formula is C40H74O12S. The fourth-order valence-electron chi connectivity index (χ4n) is 6.18. The van der Waals surface area contributed by atoms with E-state index in [1.54, 1.807) is 0 Å². The third-order valence-electron chi connectivity index (χ3n) is 9.31. The van der Waals surface area contributed by atoms with Crippen molar-refractivity contribution in [3.05, 3.63) is 24.3 Å². The summed E-state index contributed by atoms with van der Waals surface area (Å²) in [7, 11) is -5.06. The van der Waals surface area contributed by atoms with E-state index in [1.165, 1.54) is 70.6 Å². The Balaban J connectivity index is 2.48. The van der Waals surface area contributed by atoms with Crippen molar-refractivity contribution in [2.45, 2.75) is 198 Å². The second-order valence-corrected chi connectivity index (χ2v) is 15.3. The summed E-state index contributed by atoms with van der Waals surface area (Å²) >= 11 is 0. The van der Waals surface area contributed by atoms with Crippen LogP contribution in [-0.2, 0) is 38.3 Å². The van der Waals surface area contributed by atoms with E-state index in [-0.39, 0.29) is 19.6 Å². The lowest BCUT2D eigenvalue weighted by molar-refractivity contribution is -0.301. The van der Waals surface area contributed by atoms with Crippen molar-refractivity contribution in [1.29, 1.82) is 0 Å². The molecular weight excluding hydrogens is 704 g/mol. The van der Waals surface area contributed by atoms with E-state index in [0.717, 1.165) is 64.2 Å². The fraction of sp³-hybridized carbons (Fsp3) is 0.875. The van der Waals surface area contributed by atoms with Crippen molar-refractivity contribution >= 4 is 16.4 Å². The van der Waals surface area contributed by atoms with Gasteiger partial charge in [0.15, 0.2) is 6.29 Å². The SMILES string of the molecule is CCC/C=C\C/C=C\CCCCCCCCOCC(COC1OC(CO)C(O)C(OS(=O)(=O)O)C1O)OC(=O)CCCCCCCCCCCCCC. The molecule has 13 heteroatoms. The molecule has 4 N–H and O–H groups in total. The molecule has 0 aromatic heterocycles. The minimum atomic E-state index is -5.06. The molecule has 1 aliphatic heterocycles. The van der Waals surface area contributed by atoms with Crippen LogP contribution in [-0.4, -0.2) is 97.5 Å². The number of carbonyl (C=O) groups is 1. The summed E-state index contributed by atoms with van der Waals surface area (Å²) in [5.74, 6) is -0.404. The van der Waals surface area contributed by atoms with Crippen molar-refractivity contribution in [3.63, 3.8) is 0 Å². The predicted molar refractivity (Wildman–Crippen MR) is 207 cm³/mol. The first-order chi connectivity index (χ1) is 25.6. The Morgan fingerprint density at radius 3 is 1.87 bits per heavy atom. The maximum atomic E-state index is 12.8. The number of carbonyl (C=O) groups excluding carboxylic acids is 1. The van der Waals surface area contributed by atoms with E-state index in [2.05, 4.69) is 42.3 Å². The lowest BCUT2D eigenvalue weighted by Crippen LogP contribution is -2.60. The molecule has 0 aliphatic carbocycles. The van der Waals surface area contributed by atoms with E-state index in [0.29, 0.717) is 13.0 Å². The Kier molecular flexibility index (Phi) is 30.7. The highest BCUT2D eigenvalue weighted by atomic mass is 32.3. The van der Waals surface area contributed by atoms with Gasteiger partial charge >= 0.3 is 16.4 Å². The number of esters is 1. The lowest BCUT2D eigenvalue weighted by Gasteiger charge is -2.41. The Morgan fingerprint density at radius 1 is 0.717 bits per heavy atom. The summed E-state index contributed by atoms with van der Waals surface area (Å²) in [4.78, 5) is 12.8. The summed E-state index contributed by atoms with van der Waals surface area (Å²) in [5, 5.41) is 30.6. The first-order valence-corrected chi connectivity index (χ1v) is 22.0. The molecule has 0 spiro atoms. The van der Waals surface area contributed by atoms with Crippen molar-refractivity contribution < 1.29 is 56.2 Å². The van der Waals surface area contributed by atoms with Gasteiger partial charge in [0.05, 0.1) is 19.8 Å². The summed E-state index contributed by atoms with van der Waals surface area (Å²) < 4.78 is 58.8. The summed E-state index contributed by atoms with van der Waals surface area (Å²) in [6, 6.07) is 0. The van der Waals surface area contributed by atoms with Gasteiger partial charge in [-0.2, -0.15) is 8.42 Å². The van der Waals surface area contributed by atoms with E-state index < -0.39 is 59.8 Å². The highest BCUT2D eigenvalue weighted by molar-refractivity contribution is 7.80. The van der Waals surface area contributed by atoms with Crippen LogP contribution in [0.15, 0.2) is 24.3 Å². The van der Waals surface area contributed by atoms with Crippen LogP contribution in [0.25, 0.3) is 0 Å². The Bertz CT molecular complexity index is 1040. The van der Waals surface area contributed by atoms with Gasteiger partial charge in [0.25, 0.3) is 0 Å². The molecule has 0 bridgehead atoms. The third-order valence-corrected chi connectivity index (χ3v) is 9.77. The van der Waals surface area contributed by atoms with Crippen LogP contribution in [0.5, 0.6) is 0 Å². The molecule has 0 aromatic rings. The molecule has 6 atom stereocenters. The average molecular weight is 779 g/mol. The third kappa shape index (κ3) is 26.9. The van der Waals surface area contributed by atoms with Crippen molar-refractivity contribution in [1.82, 2.24) is 0 Å². The number of ether oxygens (including phenoxy) is 4. The maximum absolute atomic E-state index is 12.8. The summed E-state index contributed by atoms with van der Waals surface area (Å²) in [6.07, 6.45) is 25.0. The van der Waals surface area contributed by atoms with Gasteiger partial charge in [0.1, 0.15) is 30.5 Å². The predicted octanol–water partition coefficient (Wildman–Crippen LogP) is 7.68. The molecule has 6 unspecified atom stereocenters. The van der Waals surface area contributed by atoms with Crippen LogP contribution in [0.4, 0.5) is 0 Å². The number of rotatable bonds is 35. The van der Waals surface area contributed by atoms with Crippen LogP contribution < -0.4 is 0 Å². The van der Waals surface area contributed by atoms with Gasteiger partial charge < -0.3 is 34.3 Å². The van der Waals surface area contributed by atoms with Crippen LogP contribution in [0, 0.1) is 0 Å². The standard InChI is InChI=1S/C40H74O12S/c1-3-5-7-9-11-13-15-17-18-20-22-24-26-28-30-48-32-34(50-36(42)29-27-25-23-21-19-16-14-12-10-8-6-4-2)33-49-40-38(44)39(52-53(45,46)47)37(43)35(31-41)51-40/h7,9,13,15,34-35,37-41,43-44H,3-6,8,10-12,14,16-33H2,1-2H3,(H,45,46,47)/b9-7-,15-13-. The zero-order valence-corrected chi connectivity index (χ0v) is 33.6. The van der Waals surface area contributed by atoms with E-state index >= 15 is 0 Å². The van der Waals surface area contributed by atoms with Gasteiger partial charge in [-0.3, -0.25) is 9.35 Å². The minimum absolute atomic E-state index is 0.0317. The first kappa shape index (κ1) is 49.6. The first-order valence-electron chi connectivity index (χ1n) is 20.6. The molecule has 1 fully saturated rings. The van der Waals surface area contributed by atoms with E-state index in [1.807, 2.05) is 0 Å². The van der Waals surface area contributed by atoms with E-state index in [4.69, 9.17) is 23.5 Å². The lowest BCUT2D eigenvalue weighted by atomic mass is 9.99. The highest BCUT2D eigenvalue weighted by Gasteiger charge is 2.48. The maximum Gasteiger partial charge on any atom is 0.397 e. The van der Waals surface area contributed by atoms with Gasteiger partial charge in [-0.15, -0.1) is 0 Å². The number of hydrogen-bond acceptors (Lipinski definition) is 11. The second kappa shape index (κ2) is 32.8. The number of hydrogen-bond donors (Lipinski definition) is 4. The van der Waals surface area contributed by atoms with Crippen molar-refractivity contribution in [3.8, 4) is 0 Å². The Morgan fingerprint density at radius 2 is 1.28 bits per heavy atom. The number of allylic oxidation sites excluding steroid dienone is 4. The number of aliphatic hydroxyl groups excluding tert-OH is 3. The monoisotopic (exact) mass is 778 g/mol. The van der Waals surface area contributed by atoms with Crippen molar-refractivity contribution in [2.24, 2.45) is 0 Å². The quantitative estimate of drug-likeness (QED) is 0.0214. The Labute approximate surface area is 321 Å². The largest absolute Gasteiger partial charge is 0.457 e. The topological polar surface area (TPSA) is 178 Å². The average Bonchev–Trinajstić information content (AvgIpc) is 3.12. The number of unbranched alkanes of at least 4 members (excludes halogenated alkanes) is 18. The molecule has 1 aliphatic rings. The minimum Gasteiger partial charge on any atom is -0.457 e. The molecule has 1 saturated heterocycles. The Hall–Kier alpha value is -1.42. The number of aliphatic hydroxyl groups is 3. The summed E-state index contributed by atoms with van der Waals surface area (Å²) in [5.41, 5.74) is 0. The smallest absolute Gasteiger partial charge is 0.397 e. The van der Waals surface area contributed by atoms with Gasteiger partial charge in [0, 0.05) is 13.0 Å². The van der Waals surface area contributed by atoms with Crippen LogP contribution >= 0.6 is 0 Å². The van der Waals surface area contributed by atoms with Gasteiger partial charge in [-0.25, -0.2) is 4.18 Å². The molecule has 0 saturated carbocycles. The zero-order valence-electron chi connectivity index (χ0n) is 32.8. The molecule has 312 valence electrons. The zero-order chi connectivity index (χ0) is 39.0. The molecule has 53 heavy (non-hydrogen) atoms. The molecule has 0 aromatic carbocycles. The van der Waals surface area contributed by atoms with Crippen LogP contribution in [0.3, 0.4) is 0 Å². The van der Waals surface area contributed by atoms with Gasteiger partial charge in [0.2, 0.25) is 0 Å². The van der Waals surface area contributed by atoms with Crippen molar-refractivity contribution in [2.75, 3.05) is 26.4 Å². The van der Waals surface area contributed by atoms with Gasteiger partial charge in [-0.05, 0) is 38.5 Å². The molecule has 12 nitrogen and oxygen atoms in total.